The SMILES string of the molecule is O=C1CN(c2ccc(NCC(O)CO)cc2)CCN1. The van der Waals surface area contributed by atoms with Crippen molar-refractivity contribution in [3.63, 3.8) is 0 Å². The highest BCUT2D eigenvalue weighted by Crippen LogP contribution is 2.18. The number of nitrogens with one attached hydrogen (secondary N) is 2. The number of carbonyl (C=O) groups is 1. The zero-order valence-corrected chi connectivity index (χ0v) is 10.7. The summed E-state index contributed by atoms with van der Waals surface area (Å²) in [4.78, 5) is 13.3. The molecule has 6 nitrogen and oxygen atoms in total. The van der Waals surface area contributed by atoms with Gasteiger partial charge in [-0.25, -0.2) is 0 Å². The molecule has 0 aliphatic carbocycles. The van der Waals surface area contributed by atoms with Crippen molar-refractivity contribution in [2.45, 2.75) is 6.10 Å². The van der Waals surface area contributed by atoms with Crippen LogP contribution in [0.15, 0.2) is 24.3 Å². The Kier molecular flexibility index (Phi) is 4.59. The van der Waals surface area contributed by atoms with Gasteiger partial charge in [0.25, 0.3) is 0 Å². The van der Waals surface area contributed by atoms with Crippen molar-refractivity contribution < 1.29 is 15.0 Å². The molecule has 4 N–H and O–H groups in total. The molecular weight excluding hydrogens is 246 g/mol. The molecule has 6 heteroatoms. The molecule has 1 unspecified atom stereocenters. The average Bonchev–Trinajstić information content (AvgIpc) is 2.45. The molecule has 1 atom stereocenters. The van der Waals surface area contributed by atoms with Gasteiger partial charge in [-0.05, 0) is 24.3 Å². The lowest BCUT2D eigenvalue weighted by atomic mass is 10.2. The summed E-state index contributed by atoms with van der Waals surface area (Å²) in [7, 11) is 0. The Morgan fingerprint density at radius 1 is 1.37 bits per heavy atom. The fraction of sp³-hybridized carbons (Fsp3) is 0.462. The number of carbonyl (C=O) groups excluding carboxylic acids is 1. The van der Waals surface area contributed by atoms with Crippen LogP contribution >= 0.6 is 0 Å². The number of hydrogen-bond donors (Lipinski definition) is 4. The number of rotatable bonds is 5. The van der Waals surface area contributed by atoms with Crippen molar-refractivity contribution >= 4 is 17.3 Å². The predicted octanol–water partition coefficient (Wildman–Crippen LogP) is -0.612. The molecule has 2 rings (SSSR count). The molecule has 1 aliphatic heterocycles. The van der Waals surface area contributed by atoms with E-state index in [-0.39, 0.29) is 12.5 Å². The summed E-state index contributed by atoms with van der Waals surface area (Å²) in [6.07, 6.45) is -0.759. The van der Waals surface area contributed by atoms with Crippen molar-refractivity contribution in [3.05, 3.63) is 24.3 Å². The highest BCUT2D eigenvalue weighted by molar-refractivity contribution is 5.82. The first kappa shape index (κ1) is 13.6. The third-order valence-electron chi connectivity index (χ3n) is 3.02. The first-order chi connectivity index (χ1) is 9.19. The first-order valence-corrected chi connectivity index (χ1v) is 6.33. The van der Waals surface area contributed by atoms with Crippen LogP contribution in [0, 0.1) is 0 Å². The molecule has 0 saturated carbocycles. The van der Waals surface area contributed by atoms with Gasteiger partial charge in [-0.15, -0.1) is 0 Å². The molecule has 1 aliphatic rings. The number of aliphatic hydroxyl groups is 2. The second-order valence-corrected chi connectivity index (χ2v) is 4.54. The van der Waals surface area contributed by atoms with Crippen LogP contribution in [0.4, 0.5) is 11.4 Å². The summed E-state index contributed by atoms with van der Waals surface area (Å²) in [5.74, 6) is 0.0412. The van der Waals surface area contributed by atoms with E-state index in [9.17, 15) is 9.90 Å². The lowest BCUT2D eigenvalue weighted by Crippen LogP contribution is -2.47. The number of benzene rings is 1. The summed E-state index contributed by atoms with van der Waals surface area (Å²) in [6, 6.07) is 7.66. The molecular formula is C13H19N3O3. The highest BCUT2D eigenvalue weighted by atomic mass is 16.3. The maximum atomic E-state index is 11.3. The Morgan fingerprint density at radius 3 is 2.74 bits per heavy atom. The Balaban J connectivity index is 1.92. The van der Waals surface area contributed by atoms with E-state index in [4.69, 9.17) is 5.11 Å². The molecule has 1 saturated heterocycles. The van der Waals surface area contributed by atoms with Gasteiger partial charge in [0, 0.05) is 31.0 Å². The number of amides is 1. The van der Waals surface area contributed by atoms with E-state index in [1.165, 1.54) is 0 Å². The summed E-state index contributed by atoms with van der Waals surface area (Å²) < 4.78 is 0. The van der Waals surface area contributed by atoms with Crippen LogP contribution in [0.5, 0.6) is 0 Å². The molecule has 1 amide bonds. The molecule has 0 radical (unpaired) electrons. The fourth-order valence-corrected chi connectivity index (χ4v) is 1.95. The topological polar surface area (TPSA) is 84.8 Å². The van der Waals surface area contributed by atoms with Crippen molar-refractivity contribution in [3.8, 4) is 0 Å². The largest absolute Gasteiger partial charge is 0.394 e. The van der Waals surface area contributed by atoms with Gasteiger partial charge < -0.3 is 25.7 Å². The van der Waals surface area contributed by atoms with Gasteiger partial charge in [0.2, 0.25) is 5.91 Å². The highest BCUT2D eigenvalue weighted by Gasteiger charge is 2.16. The van der Waals surface area contributed by atoms with Gasteiger partial charge in [0.05, 0.1) is 19.3 Å². The number of hydrogen-bond acceptors (Lipinski definition) is 5. The third kappa shape index (κ3) is 3.84. The van der Waals surface area contributed by atoms with Gasteiger partial charge in [-0.3, -0.25) is 4.79 Å². The smallest absolute Gasteiger partial charge is 0.239 e. The standard InChI is InChI=1S/C13H19N3O3/c17-9-12(18)7-15-10-1-3-11(4-2-10)16-6-5-14-13(19)8-16/h1-4,12,15,17-18H,5-9H2,(H,14,19). The van der Waals surface area contributed by atoms with Crippen molar-refractivity contribution in [2.75, 3.05) is 43.0 Å². The Morgan fingerprint density at radius 2 is 2.11 bits per heavy atom. The molecule has 1 fully saturated rings. The van der Waals surface area contributed by atoms with Gasteiger partial charge in [-0.1, -0.05) is 0 Å². The zero-order chi connectivity index (χ0) is 13.7. The van der Waals surface area contributed by atoms with Crippen LogP contribution < -0.4 is 15.5 Å². The van der Waals surface area contributed by atoms with E-state index in [0.717, 1.165) is 17.9 Å². The van der Waals surface area contributed by atoms with E-state index in [1.54, 1.807) is 0 Å². The molecule has 1 aromatic carbocycles. The number of piperazine rings is 1. The molecule has 0 bridgehead atoms. The summed E-state index contributed by atoms with van der Waals surface area (Å²) >= 11 is 0. The molecule has 0 aromatic heterocycles. The summed E-state index contributed by atoms with van der Waals surface area (Å²) in [5, 5.41) is 23.8. The van der Waals surface area contributed by atoms with Crippen LogP contribution in [0.2, 0.25) is 0 Å². The monoisotopic (exact) mass is 265 g/mol. The van der Waals surface area contributed by atoms with Gasteiger partial charge >= 0.3 is 0 Å². The average molecular weight is 265 g/mol. The van der Waals surface area contributed by atoms with E-state index < -0.39 is 6.10 Å². The van der Waals surface area contributed by atoms with Gasteiger partial charge in [0.1, 0.15) is 0 Å². The van der Waals surface area contributed by atoms with Gasteiger partial charge in [-0.2, -0.15) is 0 Å². The number of anilines is 2. The van der Waals surface area contributed by atoms with Crippen LogP contribution in [0.25, 0.3) is 0 Å². The van der Waals surface area contributed by atoms with Crippen LogP contribution in [-0.2, 0) is 4.79 Å². The maximum absolute atomic E-state index is 11.3. The van der Waals surface area contributed by atoms with E-state index in [0.29, 0.717) is 19.6 Å². The minimum Gasteiger partial charge on any atom is -0.394 e. The Bertz CT molecular complexity index is 422. The maximum Gasteiger partial charge on any atom is 0.239 e. The molecule has 104 valence electrons. The Hall–Kier alpha value is -1.79. The van der Waals surface area contributed by atoms with Gasteiger partial charge in [0.15, 0.2) is 0 Å². The Labute approximate surface area is 112 Å². The van der Waals surface area contributed by atoms with E-state index in [2.05, 4.69) is 10.6 Å². The minimum atomic E-state index is -0.759. The number of aliphatic hydroxyl groups excluding tert-OH is 2. The first-order valence-electron chi connectivity index (χ1n) is 6.33. The second-order valence-electron chi connectivity index (χ2n) is 4.54. The van der Waals surface area contributed by atoms with Crippen molar-refractivity contribution in [1.29, 1.82) is 0 Å². The third-order valence-corrected chi connectivity index (χ3v) is 3.02. The molecule has 1 aromatic rings. The molecule has 1 heterocycles. The lowest BCUT2D eigenvalue weighted by molar-refractivity contribution is -0.120. The van der Waals surface area contributed by atoms with Crippen LogP contribution in [0.1, 0.15) is 0 Å². The number of nitrogens with zero attached hydrogens (tertiary/aromatic N) is 1. The van der Waals surface area contributed by atoms with E-state index >= 15 is 0 Å². The summed E-state index contributed by atoms with van der Waals surface area (Å²) in [6.45, 7) is 1.91. The lowest BCUT2D eigenvalue weighted by Gasteiger charge is -2.28. The molecule has 19 heavy (non-hydrogen) atoms. The second kappa shape index (κ2) is 6.40. The van der Waals surface area contributed by atoms with Crippen molar-refractivity contribution in [2.24, 2.45) is 0 Å². The van der Waals surface area contributed by atoms with Crippen molar-refractivity contribution in [1.82, 2.24) is 5.32 Å². The van der Waals surface area contributed by atoms with Crippen LogP contribution in [0.3, 0.4) is 0 Å². The molecule has 0 spiro atoms. The normalized spacial score (nSPS) is 16.9. The minimum absolute atomic E-state index is 0.0412. The quantitative estimate of drug-likeness (QED) is 0.571. The van der Waals surface area contributed by atoms with Crippen LogP contribution in [-0.4, -0.2) is 55.0 Å². The zero-order valence-electron chi connectivity index (χ0n) is 10.7. The fourth-order valence-electron chi connectivity index (χ4n) is 1.95. The van der Waals surface area contributed by atoms with E-state index in [1.807, 2.05) is 29.2 Å². The predicted molar refractivity (Wildman–Crippen MR) is 73.2 cm³/mol. The summed E-state index contributed by atoms with van der Waals surface area (Å²) in [5.41, 5.74) is 1.88.